The molecule has 1 aliphatic rings. The first-order chi connectivity index (χ1) is 8.74. The lowest BCUT2D eigenvalue weighted by molar-refractivity contribution is 0.412. The Morgan fingerprint density at radius 2 is 2.33 bits per heavy atom. The summed E-state index contributed by atoms with van der Waals surface area (Å²) in [5.74, 6) is 2.93. The van der Waals surface area contributed by atoms with Crippen molar-refractivity contribution in [2.45, 2.75) is 25.8 Å². The van der Waals surface area contributed by atoms with E-state index >= 15 is 0 Å². The molecule has 0 amide bonds. The summed E-state index contributed by atoms with van der Waals surface area (Å²) in [6.45, 7) is 3.41. The highest BCUT2D eigenvalue weighted by molar-refractivity contribution is 7.98. The number of rotatable bonds is 6. The number of methoxy groups -OCH3 is 1. The molecule has 2 rings (SSSR count). The maximum atomic E-state index is 5.32. The van der Waals surface area contributed by atoms with Crippen LogP contribution in [0.5, 0.6) is 5.75 Å². The summed E-state index contributed by atoms with van der Waals surface area (Å²) < 4.78 is 5.32. The second-order valence-electron chi connectivity index (χ2n) is 5.12. The van der Waals surface area contributed by atoms with Crippen LogP contribution in [0.2, 0.25) is 0 Å². The smallest absolute Gasteiger partial charge is 0.119 e. The van der Waals surface area contributed by atoms with Gasteiger partial charge in [-0.3, -0.25) is 0 Å². The molecular formula is C15H23NOS. The Bertz CT molecular complexity index is 394. The average molecular weight is 265 g/mol. The van der Waals surface area contributed by atoms with Crippen LogP contribution in [0, 0.1) is 5.92 Å². The zero-order valence-corrected chi connectivity index (χ0v) is 12.3. The van der Waals surface area contributed by atoms with Gasteiger partial charge in [0.1, 0.15) is 5.75 Å². The van der Waals surface area contributed by atoms with Crippen molar-refractivity contribution in [2.75, 3.05) is 25.7 Å². The third-order valence-electron chi connectivity index (χ3n) is 3.59. The van der Waals surface area contributed by atoms with Gasteiger partial charge in [0, 0.05) is 6.04 Å². The first-order valence-electron chi connectivity index (χ1n) is 6.63. The molecule has 1 aliphatic carbocycles. The second kappa shape index (κ2) is 6.48. The van der Waals surface area contributed by atoms with Crippen LogP contribution in [0.15, 0.2) is 18.2 Å². The zero-order chi connectivity index (χ0) is 13.0. The van der Waals surface area contributed by atoms with Crippen molar-refractivity contribution >= 4 is 11.8 Å². The van der Waals surface area contributed by atoms with E-state index in [9.17, 15) is 0 Å². The highest BCUT2D eigenvalue weighted by atomic mass is 32.2. The number of fused-ring (bicyclic) bond motifs is 1. The van der Waals surface area contributed by atoms with Crippen LogP contribution in [0.25, 0.3) is 0 Å². The van der Waals surface area contributed by atoms with Crippen LogP contribution in [0.3, 0.4) is 0 Å². The molecular weight excluding hydrogens is 242 g/mol. The van der Waals surface area contributed by atoms with Gasteiger partial charge in [0.15, 0.2) is 0 Å². The van der Waals surface area contributed by atoms with Gasteiger partial charge in [-0.1, -0.05) is 13.0 Å². The fourth-order valence-corrected chi connectivity index (χ4v) is 3.29. The lowest BCUT2D eigenvalue weighted by Crippen LogP contribution is -2.26. The Morgan fingerprint density at radius 1 is 1.50 bits per heavy atom. The zero-order valence-electron chi connectivity index (χ0n) is 11.5. The molecule has 2 atom stereocenters. The third kappa shape index (κ3) is 3.21. The molecule has 0 aromatic heterocycles. The van der Waals surface area contributed by atoms with E-state index in [4.69, 9.17) is 4.74 Å². The predicted octanol–water partition coefficient (Wildman–Crippen LogP) is 3.27. The fraction of sp³-hybridized carbons (Fsp3) is 0.600. The summed E-state index contributed by atoms with van der Waals surface area (Å²) in [4.78, 5) is 0. The summed E-state index contributed by atoms with van der Waals surface area (Å²) >= 11 is 1.92. The molecule has 3 heteroatoms. The molecule has 1 N–H and O–H groups in total. The number of hydrogen-bond donors (Lipinski definition) is 1. The van der Waals surface area contributed by atoms with Crippen molar-refractivity contribution < 1.29 is 4.74 Å². The van der Waals surface area contributed by atoms with Crippen molar-refractivity contribution in [1.29, 1.82) is 0 Å². The van der Waals surface area contributed by atoms with Crippen LogP contribution in [-0.4, -0.2) is 25.7 Å². The number of nitrogens with one attached hydrogen (secondary N) is 1. The van der Waals surface area contributed by atoms with E-state index in [0.29, 0.717) is 6.04 Å². The van der Waals surface area contributed by atoms with Crippen LogP contribution in [-0.2, 0) is 6.42 Å². The standard InChI is InChI=1S/C15H23NOS/c1-11(10-18-3)9-16-15-7-5-12-4-6-13(17-2)8-14(12)15/h4,6,8,11,15-16H,5,7,9-10H2,1-3H3. The Kier molecular flexibility index (Phi) is 4.95. The average Bonchev–Trinajstić information content (AvgIpc) is 2.79. The SMILES string of the molecule is COc1ccc2c(c1)C(NCC(C)CSC)CC2. The molecule has 0 fully saturated rings. The summed E-state index contributed by atoms with van der Waals surface area (Å²) in [6, 6.07) is 6.98. The molecule has 0 saturated carbocycles. The number of benzene rings is 1. The molecule has 100 valence electrons. The van der Waals surface area contributed by atoms with Gasteiger partial charge in [-0.15, -0.1) is 0 Å². The number of ether oxygens (including phenoxy) is 1. The van der Waals surface area contributed by atoms with Gasteiger partial charge in [0.05, 0.1) is 7.11 Å². The summed E-state index contributed by atoms with van der Waals surface area (Å²) in [6.07, 6.45) is 4.58. The molecule has 0 heterocycles. The van der Waals surface area contributed by atoms with Crippen molar-refractivity contribution in [3.8, 4) is 5.75 Å². The first kappa shape index (κ1) is 13.8. The van der Waals surface area contributed by atoms with E-state index in [1.54, 1.807) is 7.11 Å². The van der Waals surface area contributed by atoms with E-state index < -0.39 is 0 Å². The topological polar surface area (TPSA) is 21.3 Å². The van der Waals surface area contributed by atoms with Crippen molar-refractivity contribution in [3.05, 3.63) is 29.3 Å². The fourth-order valence-electron chi connectivity index (χ4n) is 2.61. The number of aryl methyl sites for hydroxylation is 1. The molecule has 0 aliphatic heterocycles. The maximum Gasteiger partial charge on any atom is 0.119 e. The van der Waals surface area contributed by atoms with Crippen LogP contribution in [0.4, 0.5) is 0 Å². The Labute approximate surface area is 114 Å². The van der Waals surface area contributed by atoms with E-state index in [2.05, 4.69) is 36.7 Å². The lowest BCUT2D eigenvalue weighted by Gasteiger charge is -2.18. The van der Waals surface area contributed by atoms with Gasteiger partial charge in [0.25, 0.3) is 0 Å². The highest BCUT2D eigenvalue weighted by Crippen LogP contribution is 2.33. The Morgan fingerprint density at radius 3 is 3.06 bits per heavy atom. The van der Waals surface area contributed by atoms with Gasteiger partial charge in [0.2, 0.25) is 0 Å². The summed E-state index contributed by atoms with van der Waals surface area (Å²) in [5, 5.41) is 3.70. The first-order valence-corrected chi connectivity index (χ1v) is 8.03. The normalized spacial score (nSPS) is 19.6. The van der Waals surface area contributed by atoms with Gasteiger partial charge in [-0.25, -0.2) is 0 Å². The number of thioether (sulfide) groups is 1. The van der Waals surface area contributed by atoms with Gasteiger partial charge in [-0.2, -0.15) is 11.8 Å². The van der Waals surface area contributed by atoms with E-state index in [1.807, 2.05) is 11.8 Å². The molecule has 1 aromatic carbocycles. The van der Waals surface area contributed by atoms with Crippen molar-refractivity contribution in [3.63, 3.8) is 0 Å². The van der Waals surface area contributed by atoms with E-state index in [1.165, 1.54) is 29.7 Å². The Hall–Kier alpha value is -0.670. The molecule has 2 unspecified atom stereocenters. The maximum absolute atomic E-state index is 5.32. The molecule has 2 nitrogen and oxygen atoms in total. The lowest BCUT2D eigenvalue weighted by atomic mass is 10.1. The second-order valence-corrected chi connectivity index (χ2v) is 6.04. The third-order valence-corrected chi connectivity index (χ3v) is 4.50. The van der Waals surface area contributed by atoms with E-state index in [-0.39, 0.29) is 0 Å². The molecule has 1 aromatic rings. The quantitative estimate of drug-likeness (QED) is 0.853. The van der Waals surface area contributed by atoms with Crippen LogP contribution < -0.4 is 10.1 Å². The predicted molar refractivity (Wildman–Crippen MR) is 79.6 cm³/mol. The summed E-state index contributed by atoms with van der Waals surface area (Å²) in [5.41, 5.74) is 2.91. The molecule has 0 bridgehead atoms. The minimum atomic E-state index is 0.513. The largest absolute Gasteiger partial charge is 0.497 e. The van der Waals surface area contributed by atoms with Gasteiger partial charge in [-0.05, 0) is 60.6 Å². The highest BCUT2D eigenvalue weighted by Gasteiger charge is 2.22. The van der Waals surface area contributed by atoms with Crippen molar-refractivity contribution in [1.82, 2.24) is 5.32 Å². The molecule has 18 heavy (non-hydrogen) atoms. The summed E-state index contributed by atoms with van der Waals surface area (Å²) in [7, 11) is 1.74. The number of hydrogen-bond acceptors (Lipinski definition) is 3. The monoisotopic (exact) mass is 265 g/mol. The van der Waals surface area contributed by atoms with Gasteiger partial charge >= 0.3 is 0 Å². The van der Waals surface area contributed by atoms with E-state index in [0.717, 1.165) is 18.2 Å². The molecule has 0 spiro atoms. The van der Waals surface area contributed by atoms with Gasteiger partial charge < -0.3 is 10.1 Å². The minimum absolute atomic E-state index is 0.513. The van der Waals surface area contributed by atoms with Crippen LogP contribution in [0.1, 0.15) is 30.5 Å². The molecule has 0 radical (unpaired) electrons. The van der Waals surface area contributed by atoms with Crippen molar-refractivity contribution in [2.24, 2.45) is 5.92 Å². The Balaban J connectivity index is 1.97. The van der Waals surface area contributed by atoms with Crippen LogP contribution >= 0.6 is 11.8 Å². The minimum Gasteiger partial charge on any atom is -0.497 e. The molecule has 0 saturated heterocycles.